The molecule has 2 fully saturated rings. The summed E-state index contributed by atoms with van der Waals surface area (Å²) in [5.74, 6) is 0.796. The van der Waals surface area contributed by atoms with Gasteiger partial charge in [0.2, 0.25) is 0 Å². The number of nitrogens with zero attached hydrogens (tertiary/aromatic N) is 3. The van der Waals surface area contributed by atoms with Gasteiger partial charge in [0.25, 0.3) is 0 Å². The third-order valence-corrected chi connectivity index (χ3v) is 6.30. The van der Waals surface area contributed by atoms with Crippen molar-refractivity contribution in [1.82, 2.24) is 14.8 Å². The number of ether oxygens (including phenoxy) is 1. The highest BCUT2D eigenvalue weighted by atomic mass is 32.1. The average Bonchev–Trinajstić information content (AvgIpc) is 3.10. The molecule has 2 aliphatic heterocycles. The minimum atomic E-state index is 0.796. The van der Waals surface area contributed by atoms with Crippen LogP contribution in [0.4, 0.5) is 0 Å². The maximum atomic E-state index is 5.47. The zero-order chi connectivity index (χ0) is 17.6. The summed E-state index contributed by atoms with van der Waals surface area (Å²) in [5, 5.41) is 3.48. The SMILES string of the molecule is c1ccc(Cc2nc(CN3CCCC(CN4CCOCC4)C3)cs2)cc1. The molecule has 1 atom stereocenters. The predicted molar refractivity (Wildman–Crippen MR) is 107 cm³/mol. The Hall–Kier alpha value is -1.27. The molecule has 140 valence electrons. The summed E-state index contributed by atoms with van der Waals surface area (Å²) in [4.78, 5) is 10.1. The molecule has 0 saturated carbocycles. The molecule has 26 heavy (non-hydrogen) atoms. The standard InChI is InChI=1S/C21H29N3OS/c1-2-5-18(6-3-1)13-21-22-20(17-26-21)16-24-8-4-7-19(15-24)14-23-9-11-25-12-10-23/h1-3,5-6,17,19H,4,7-16H2. The average molecular weight is 372 g/mol. The van der Waals surface area contributed by atoms with Crippen molar-refractivity contribution in [3.05, 3.63) is 52.0 Å². The minimum absolute atomic E-state index is 0.796. The van der Waals surface area contributed by atoms with Gasteiger partial charge in [0.15, 0.2) is 0 Å². The Morgan fingerprint density at radius 1 is 1.08 bits per heavy atom. The molecule has 4 nitrogen and oxygen atoms in total. The van der Waals surface area contributed by atoms with E-state index in [9.17, 15) is 0 Å². The molecular formula is C21H29N3OS. The van der Waals surface area contributed by atoms with Crippen molar-refractivity contribution in [2.75, 3.05) is 45.9 Å². The number of likely N-dealkylation sites (tertiary alicyclic amines) is 1. The number of benzene rings is 1. The molecule has 1 aromatic carbocycles. The molecule has 2 saturated heterocycles. The van der Waals surface area contributed by atoms with Gasteiger partial charge in [-0.1, -0.05) is 30.3 Å². The summed E-state index contributed by atoms with van der Waals surface area (Å²) in [7, 11) is 0. The molecule has 0 aliphatic carbocycles. The molecule has 0 spiro atoms. The van der Waals surface area contributed by atoms with E-state index >= 15 is 0 Å². The molecule has 1 unspecified atom stereocenters. The van der Waals surface area contributed by atoms with E-state index in [1.807, 2.05) is 0 Å². The number of piperidine rings is 1. The Morgan fingerprint density at radius 3 is 2.77 bits per heavy atom. The van der Waals surface area contributed by atoms with Gasteiger partial charge in [0.05, 0.1) is 23.9 Å². The van der Waals surface area contributed by atoms with Gasteiger partial charge in [-0.3, -0.25) is 9.80 Å². The maximum Gasteiger partial charge on any atom is 0.0972 e. The van der Waals surface area contributed by atoms with Gasteiger partial charge in [-0.25, -0.2) is 4.98 Å². The first-order chi connectivity index (χ1) is 12.8. The monoisotopic (exact) mass is 371 g/mol. The molecule has 0 N–H and O–H groups in total. The minimum Gasteiger partial charge on any atom is -0.379 e. The third kappa shape index (κ3) is 5.13. The van der Waals surface area contributed by atoms with Crippen molar-refractivity contribution >= 4 is 11.3 Å². The van der Waals surface area contributed by atoms with E-state index in [-0.39, 0.29) is 0 Å². The first-order valence-corrected chi connectivity index (χ1v) is 10.7. The van der Waals surface area contributed by atoms with Crippen LogP contribution in [0.2, 0.25) is 0 Å². The quantitative estimate of drug-likeness (QED) is 0.779. The normalized spacial score (nSPS) is 22.5. The molecule has 0 bridgehead atoms. The van der Waals surface area contributed by atoms with Crippen LogP contribution in [0.1, 0.15) is 29.1 Å². The molecule has 3 heterocycles. The summed E-state index contributed by atoms with van der Waals surface area (Å²) < 4.78 is 5.47. The fraction of sp³-hybridized carbons (Fsp3) is 0.571. The zero-order valence-corrected chi connectivity index (χ0v) is 16.3. The highest BCUT2D eigenvalue weighted by Crippen LogP contribution is 2.21. The van der Waals surface area contributed by atoms with Gasteiger partial charge >= 0.3 is 0 Å². The van der Waals surface area contributed by atoms with Crippen LogP contribution in [0.3, 0.4) is 0 Å². The Labute approximate surface area is 160 Å². The van der Waals surface area contributed by atoms with Crippen molar-refractivity contribution in [2.45, 2.75) is 25.8 Å². The van der Waals surface area contributed by atoms with Crippen molar-refractivity contribution in [2.24, 2.45) is 5.92 Å². The molecule has 4 rings (SSSR count). The van der Waals surface area contributed by atoms with E-state index in [0.29, 0.717) is 0 Å². The third-order valence-electron chi connectivity index (χ3n) is 5.41. The lowest BCUT2D eigenvalue weighted by Gasteiger charge is -2.36. The molecule has 2 aliphatic rings. The van der Waals surface area contributed by atoms with Crippen LogP contribution in [0.5, 0.6) is 0 Å². The highest BCUT2D eigenvalue weighted by Gasteiger charge is 2.23. The number of aromatic nitrogens is 1. The Bertz CT molecular complexity index is 669. The topological polar surface area (TPSA) is 28.6 Å². The summed E-state index contributed by atoms with van der Waals surface area (Å²) in [6.07, 6.45) is 3.63. The fourth-order valence-corrected chi connectivity index (χ4v) is 4.91. The second-order valence-electron chi connectivity index (χ2n) is 7.55. The molecule has 5 heteroatoms. The summed E-state index contributed by atoms with van der Waals surface area (Å²) >= 11 is 1.80. The van der Waals surface area contributed by atoms with Crippen molar-refractivity contribution in [3.8, 4) is 0 Å². The Morgan fingerprint density at radius 2 is 1.92 bits per heavy atom. The van der Waals surface area contributed by atoms with Crippen LogP contribution < -0.4 is 0 Å². The lowest BCUT2D eigenvalue weighted by atomic mass is 9.97. The molecule has 0 amide bonds. The summed E-state index contributed by atoms with van der Waals surface area (Å²) in [6, 6.07) is 10.6. The first kappa shape index (κ1) is 18.1. The molecule has 2 aromatic rings. The summed E-state index contributed by atoms with van der Waals surface area (Å²) in [6.45, 7) is 8.67. The molecule has 0 radical (unpaired) electrons. The maximum absolute atomic E-state index is 5.47. The lowest BCUT2D eigenvalue weighted by molar-refractivity contribution is 0.0223. The Kier molecular flexibility index (Phi) is 6.33. The smallest absolute Gasteiger partial charge is 0.0972 e. The second-order valence-corrected chi connectivity index (χ2v) is 8.49. The van der Waals surface area contributed by atoms with E-state index in [4.69, 9.17) is 9.72 Å². The molecule has 1 aromatic heterocycles. The van der Waals surface area contributed by atoms with E-state index in [1.165, 1.54) is 48.7 Å². The number of hydrogen-bond donors (Lipinski definition) is 0. The fourth-order valence-electron chi connectivity index (χ4n) is 4.10. The van der Waals surface area contributed by atoms with Crippen LogP contribution in [-0.2, 0) is 17.7 Å². The van der Waals surface area contributed by atoms with Crippen LogP contribution in [0, 0.1) is 5.92 Å². The molecular weight excluding hydrogens is 342 g/mol. The van der Waals surface area contributed by atoms with Gasteiger partial charge in [0, 0.05) is 44.5 Å². The van der Waals surface area contributed by atoms with Crippen LogP contribution in [-0.4, -0.2) is 60.7 Å². The van der Waals surface area contributed by atoms with E-state index in [1.54, 1.807) is 11.3 Å². The van der Waals surface area contributed by atoms with Gasteiger partial charge in [-0.2, -0.15) is 0 Å². The van der Waals surface area contributed by atoms with Gasteiger partial charge in [-0.05, 0) is 30.9 Å². The number of hydrogen-bond acceptors (Lipinski definition) is 5. The van der Waals surface area contributed by atoms with E-state index < -0.39 is 0 Å². The largest absolute Gasteiger partial charge is 0.379 e. The number of thiazole rings is 1. The first-order valence-electron chi connectivity index (χ1n) is 9.85. The van der Waals surface area contributed by atoms with Gasteiger partial charge in [0.1, 0.15) is 0 Å². The van der Waals surface area contributed by atoms with Gasteiger partial charge in [-0.15, -0.1) is 11.3 Å². The van der Waals surface area contributed by atoms with Crippen LogP contribution in [0.15, 0.2) is 35.7 Å². The number of morpholine rings is 1. The Balaban J connectivity index is 1.28. The highest BCUT2D eigenvalue weighted by molar-refractivity contribution is 7.09. The summed E-state index contributed by atoms with van der Waals surface area (Å²) in [5.41, 5.74) is 2.59. The van der Waals surface area contributed by atoms with Crippen molar-refractivity contribution in [1.29, 1.82) is 0 Å². The number of rotatable bonds is 6. The van der Waals surface area contributed by atoms with Crippen LogP contribution in [0.25, 0.3) is 0 Å². The van der Waals surface area contributed by atoms with E-state index in [0.717, 1.165) is 45.2 Å². The zero-order valence-electron chi connectivity index (χ0n) is 15.5. The van der Waals surface area contributed by atoms with Crippen LogP contribution >= 0.6 is 11.3 Å². The predicted octanol–water partition coefficient (Wildman–Crippen LogP) is 3.28. The van der Waals surface area contributed by atoms with Gasteiger partial charge < -0.3 is 4.74 Å². The lowest BCUT2D eigenvalue weighted by Crippen LogP contribution is -2.44. The van der Waals surface area contributed by atoms with E-state index in [2.05, 4.69) is 45.5 Å². The van der Waals surface area contributed by atoms with Crippen molar-refractivity contribution in [3.63, 3.8) is 0 Å². The second kappa shape index (κ2) is 9.09. The van der Waals surface area contributed by atoms with Crippen molar-refractivity contribution < 1.29 is 4.74 Å².